The Morgan fingerprint density at radius 1 is 0.957 bits per heavy atom. The SMILES string of the molecule is O=[N+]([O-])c1cccc(Oc2cnc3ccccc3c2)c1[N+](=O)[O-]. The molecule has 3 rings (SSSR count). The number of nitrogens with zero attached hydrogens (tertiary/aromatic N) is 3. The van der Waals surface area contributed by atoms with Gasteiger partial charge in [0.25, 0.3) is 0 Å². The molecule has 0 unspecified atom stereocenters. The van der Waals surface area contributed by atoms with E-state index >= 15 is 0 Å². The Hall–Kier alpha value is -3.55. The van der Waals surface area contributed by atoms with Crippen LogP contribution in [0.15, 0.2) is 54.7 Å². The highest BCUT2D eigenvalue weighted by Crippen LogP contribution is 2.38. The fourth-order valence-electron chi connectivity index (χ4n) is 2.16. The van der Waals surface area contributed by atoms with Gasteiger partial charge in [0, 0.05) is 11.5 Å². The molecule has 0 aliphatic rings. The number of pyridine rings is 1. The van der Waals surface area contributed by atoms with E-state index < -0.39 is 21.2 Å². The van der Waals surface area contributed by atoms with E-state index in [0.717, 1.165) is 17.0 Å². The van der Waals surface area contributed by atoms with Gasteiger partial charge in [0.05, 0.1) is 21.6 Å². The molecule has 8 nitrogen and oxygen atoms in total. The van der Waals surface area contributed by atoms with E-state index in [1.165, 1.54) is 18.3 Å². The van der Waals surface area contributed by atoms with Crippen LogP contribution in [0.25, 0.3) is 10.9 Å². The number of para-hydroxylation sites is 2. The Bertz CT molecular complexity index is 926. The normalized spacial score (nSPS) is 10.4. The zero-order chi connectivity index (χ0) is 16.4. The van der Waals surface area contributed by atoms with Gasteiger partial charge in [0.2, 0.25) is 5.75 Å². The Morgan fingerprint density at radius 3 is 2.48 bits per heavy atom. The van der Waals surface area contributed by atoms with E-state index in [0.29, 0.717) is 0 Å². The Morgan fingerprint density at radius 2 is 1.74 bits per heavy atom. The fraction of sp³-hybridized carbons (Fsp3) is 0. The summed E-state index contributed by atoms with van der Waals surface area (Å²) in [4.78, 5) is 24.6. The van der Waals surface area contributed by atoms with Gasteiger partial charge in [-0.1, -0.05) is 24.3 Å². The molecule has 8 heteroatoms. The minimum absolute atomic E-state index is 0.207. The van der Waals surface area contributed by atoms with Crippen LogP contribution < -0.4 is 4.74 Å². The van der Waals surface area contributed by atoms with Crippen LogP contribution in [0.1, 0.15) is 0 Å². The molecular weight excluding hydrogens is 302 g/mol. The maximum absolute atomic E-state index is 11.2. The van der Waals surface area contributed by atoms with Crippen LogP contribution in [0, 0.1) is 20.2 Å². The molecule has 3 aromatic rings. The molecule has 0 spiro atoms. The highest BCUT2D eigenvalue weighted by molar-refractivity contribution is 5.79. The minimum Gasteiger partial charge on any atom is -0.448 e. The Labute approximate surface area is 129 Å². The summed E-state index contributed by atoms with van der Waals surface area (Å²) in [6.45, 7) is 0. The van der Waals surface area contributed by atoms with Crippen molar-refractivity contribution in [2.75, 3.05) is 0 Å². The first-order valence-corrected chi connectivity index (χ1v) is 6.50. The molecule has 0 aliphatic heterocycles. The zero-order valence-electron chi connectivity index (χ0n) is 11.6. The summed E-state index contributed by atoms with van der Waals surface area (Å²) < 4.78 is 5.46. The van der Waals surface area contributed by atoms with Crippen molar-refractivity contribution in [3.05, 3.63) is 75.0 Å². The van der Waals surface area contributed by atoms with Gasteiger partial charge in [0.15, 0.2) is 0 Å². The number of fused-ring (bicyclic) bond motifs is 1. The molecule has 114 valence electrons. The van der Waals surface area contributed by atoms with Crippen LogP contribution in [-0.4, -0.2) is 14.8 Å². The molecule has 0 aliphatic carbocycles. The second kappa shape index (κ2) is 5.68. The maximum atomic E-state index is 11.2. The highest BCUT2D eigenvalue weighted by atomic mass is 16.6. The number of hydrogen-bond donors (Lipinski definition) is 0. The van der Waals surface area contributed by atoms with Gasteiger partial charge in [-0.15, -0.1) is 0 Å². The van der Waals surface area contributed by atoms with E-state index in [2.05, 4.69) is 4.98 Å². The van der Waals surface area contributed by atoms with E-state index in [4.69, 9.17) is 4.74 Å². The topological polar surface area (TPSA) is 108 Å². The third-order valence-corrected chi connectivity index (χ3v) is 3.15. The van der Waals surface area contributed by atoms with Crippen molar-refractivity contribution < 1.29 is 14.6 Å². The van der Waals surface area contributed by atoms with Gasteiger partial charge in [-0.3, -0.25) is 25.2 Å². The van der Waals surface area contributed by atoms with E-state index in [9.17, 15) is 20.2 Å². The van der Waals surface area contributed by atoms with E-state index in [-0.39, 0.29) is 11.5 Å². The van der Waals surface area contributed by atoms with Crippen molar-refractivity contribution in [1.29, 1.82) is 0 Å². The lowest BCUT2D eigenvalue weighted by Gasteiger charge is -2.07. The maximum Gasteiger partial charge on any atom is 0.387 e. The first kappa shape index (κ1) is 14.4. The molecule has 1 heterocycles. The molecule has 0 saturated carbocycles. The summed E-state index contributed by atoms with van der Waals surface area (Å²) in [5.41, 5.74) is -0.569. The first-order chi connectivity index (χ1) is 11.1. The second-order valence-electron chi connectivity index (χ2n) is 4.60. The lowest BCUT2D eigenvalue weighted by Crippen LogP contribution is -1.99. The third kappa shape index (κ3) is 2.77. The molecule has 0 bridgehead atoms. The number of nitro benzene ring substituents is 2. The molecule has 2 aromatic carbocycles. The van der Waals surface area contributed by atoms with Gasteiger partial charge >= 0.3 is 11.4 Å². The standard InChI is InChI=1S/C15H9N3O5/c19-17(20)13-6-3-7-14(15(13)18(21)22)23-11-8-10-4-1-2-5-12(10)16-9-11/h1-9H. The summed E-state index contributed by atoms with van der Waals surface area (Å²) in [7, 11) is 0. The summed E-state index contributed by atoms with van der Waals surface area (Å²) in [6, 6.07) is 12.6. The lowest BCUT2D eigenvalue weighted by atomic mass is 10.2. The van der Waals surface area contributed by atoms with Crippen molar-refractivity contribution in [1.82, 2.24) is 4.98 Å². The van der Waals surface area contributed by atoms with Gasteiger partial charge in [0.1, 0.15) is 5.75 Å². The van der Waals surface area contributed by atoms with Gasteiger partial charge in [-0.25, -0.2) is 0 Å². The van der Waals surface area contributed by atoms with Gasteiger partial charge < -0.3 is 4.74 Å². The third-order valence-electron chi connectivity index (χ3n) is 3.15. The van der Waals surface area contributed by atoms with Crippen molar-refractivity contribution in [2.24, 2.45) is 0 Å². The van der Waals surface area contributed by atoms with Gasteiger partial charge in [-0.05, 0) is 18.2 Å². The molecular formula is C15H9N3O5. The largest absolute Gasteiger partial charge is 0.448 e. The second-order valence-corrected chi connectivity index (χ2v) is 4.60. The van der Waals surface area contributed by atoms with Crippen molar-refractivity contribution in [2.45, 2.75) is 0 Å². The molecule has 1 aromatic heterocycles. The summed E-state index contributed by atoms with van der Waals surface area (Å²) in [5.74, 6) is 0.0496. The molecule has 0 saturated heterocycles. The van der Waals surface area contributed by atoms with Crippen LogP contribution in [0.5, 0.6) is 11.5 Å². The van der Waals surface area contributed by atoms with Crippen molar-refractivity contribution >= 4 is 22.3 Å². The smallest absolute Gasteiger partial charge is 0.387 e. The predicted octanol–water partition coefficient (Wildman–Crippen LogP) is 3.84. The molecule has 0 N–H and O–H groups in total. The average Bonchev–Trinajstić information content (AvgIpc) is 2.54. The van der Waals surface area contributed by atoms with Gasteiger partial charge in [-0.2, -0.15) is 0 Å². The molecule has 0 atom stereocenters. The van der Waals surface area contributed by atoms with E-state index in [1.807, 2.05) is 24.3 Å². The monoisotopic (exact) mass is 311 g/mol. The van der Waals surface area contributed by atoms with Crippen LogP contribution >= 0.6 is 0 Å². The Balaban J connectivity index is 2.06. The first-order valence-electron chi connectivity index (χ1n) is 6.50. The Kier molecular flexibility index (Phi) is 3.55. The van der Waals surface area contributed by atoms with Crippen LogP contribution in [0.2, 0.25) is 0 Å². The summed E-state index contributed by atoms with van der Waals surface area (Å²) >= 11 is 0. The van der Waals surface area contributed by atoms with Crippen molar-refractivity contribution in [3.63, 3.8) is 0 Å². The molecule has 0 fully saturated rings. The highest BCUT2D eigenvalue weighted by Gasteiger charge is 2.29. The quantitative estimate of drug-likeness (QED) is 0.535. The number of nitro groups is 2. The number of ether oxygens (including phenoxy) is 1. The summed E-state index contributed by atoms with van der Waals surface area (Å²) in [6.07, 6.45) is 1.41. The molecule has 0 radical (unpaired) electrons. The summed E-state index contributed by atoms with van der Waals surface area (Å²) in [5, 5.41) is 22.9. The van der Waals surface area contributed by atoms with Crippen molar-refractivity contribution in [3.8, 4) is 11.5 Å². The predicted molar refractivity (Wildman–Crippen MR) is 81.6 cm³/mol. The van der Waals surface area contributed by atoms with Crippen LogP contribution in [-0.2, 0) is 0 Å². The number of aromatic nitrogens is 1. The molecule has 23 heavy (non-hydrogen) atoms. The number of benzene rings is 2. The van der Waals surface area contributed by atoms with E-state index in [1.54, 1.807) is 6.07 Å². The molecule has 0 amide bonds. The number of rotatable bonds is 4. The number of hydrogen-bond acceptors (Lipinski definition) is 6. The fourth-order valence-corrected chi connectivity index (χ4v) is 2.16. The zero-order valence-corrected chi connectivity index (χ0v) is 11.6. The lowest BCUT2D eigenvalue weighted by molar-refractivity contribution is -0.423. The van der Waals surface area contributed by atoms with Crippen LogP contribution in [0.3, 0.4) is 0 Å². The minimum atomic E-state index is -0.831. The average molecular weight is 311 g/mol. The van der Waals surface area contributed by atoms with Crippen LogP contribution in [0.4, 0.5) is 11.4 Å².